The fourth-order valence-corrected chi connectivity index (χ4v) is 5.88. The minimum atomic E-state index is 0.578. The molecule has 2 rings (SSSR count). The fraction of sp³-hybridized carbons (Fsp3) is 0.909. The van der Waals surface area contributed by atoms with Gasteiger partial charge < -0.3 is 0 Å². The quantitative estimate of drug-likeness (QED) is 0.419. The first-order chi connectivity index (χ1) is 10.4. The van der Waals surface area contributed by atoms with E-state index in [0.717, 1.165) is 35.5 Å². The van der Waals surface area contributed by atoms with Crippen molar-refractivity contribution in [2.45, 2.75) is 87.0 Å². The van der Waals surface area contributed by atoms with Crippen molar-refractivity contribution in [2.24, 2.45) is 40.9 Å². The van der Waals surface area contributed by atoms with E-state index in [4.69, 9.17) is 0 Å². The van der Waals surface area contributed by atoms with Crippen LogP contribution in [-0.4, -0.2) is 0 Å². The highest BCUT2D eigenvalue weighted by atomic mass is 14.6. The van der Waals surface area contributed by atoms with Crippen molar-refractivity contribution in [3.63, 3.8) is 0 Å². The summed E-state index contributed by atoms with van der Waals surface area (Å²) in [4.78, 5) is 0. The van der Waals surface area contributed by atoms with E-state index in [1.165, 1.54) is 38.5 Å². The lowest BCUT2D eigenvalue weighted by atomic mass is 9.46. The molecule has 0 aromatic carbocycles. The molecule has 22 heavy (non-hydrogen) atoms. The van der Waals surface area contributed by atoms with Crippen molar-refractivity contribution >= 4 is 0 Å². The second-order valence-electron chi connectivity index (χ2n) is 8.89. The average molecular weight is 305 g/mol. The SMILES string of the molecule is CCCC(C1=CCC1C)C(C)C(CCC)C1(C)C(C)CC1C. The molecule has 0 heteroatoms. The van der Waals surface area contributed by atoms with Crippen LogP contribution in [-0.2, 0) is 0 Å². The van der Waals surface area contributed by atoms with E-state index in [2.05, 4.69) is 54.5 Å². The fourth-order valence-electron chi connectivity index (χ4n) is 5.88. The van der Waals surface area contributed by atoms with Gasteiger partial charge in [-0.1, -0.05) is 73.0 Å². The van der Waals surface area contributed by atoms with Crippen LogP contribution in [0.3, 0.4) is 0 Å². The molecular formula is C22H40. The highest BCUT2D eigenvalue weighted by molar-refractivity contribution is 5.21. The van der Waals surface area contributed by atoms with Crippen LogP contribution < -0.4 is 0 Å². The van der Waals surface area contributed by atoms with Crippen molar-refractivity contribution in [2.75, 3.05) is 0 Å². The Hall–Kier alpha value is -0.260. The van der Waals surface area contributed by atoms with Gasteiger partial charge in [0.2, 0.25) is 0 Å². The highest BCUT2D eigenvalue weighted by Crippen LogP contribution is 2.60. The van der Waals surface area contributed by atoms with Gasteiger partial charge in [0.15, 0.2) is 0 Å². The first-order valence-electron chi connectivity index (χ1n) is 10.1. The second kappa shape index (κ2) is 7.10. The molecule has 128 valence electrons. The summed E-state index contributed by atoms with van der Waals surface area (Å²) in [5, 5.41) is 0. The lowest BCUT2D eigenvalue weighted by Gasteiger charge is -2.59. The lowest BCUT2D eigenvalue weighted by Crippen LogP contribution is -2.52. The summed E-state index contributed by atoms with van der Waals surface area (Å²) in [5.41, 5.74) is 2.38. The molecule has 0 nitrogen and oxygen atoms in total. The first-order valence-corrected chi connectivity index (χ1v) is 10.1. The van der Waals surface area contributed by atoms with Gasteiger partial charge in [-0.05, 0) is 66.6 Å². The van der Waals surface area contributed by atoms with Crippen LogP contribution in [0.2, 0.25) is 0 Å². The normalized spacial score (nSPS) is 38.5. The zero-order valence-corrected chi connectivity index (χ0v) is 16.3. The standard InChI is InChI=1S/C22H40/c1-8-10-20(19-13-12-15(19)3)18(6)21(11-9-2)22(7)16(4)14-17(22)5/h13,15-18,20-21H,8-12,14H2,1-7H3. The molecule has 0 amide bonds. The molecule has 6 atom stereocenters. The van der Waals surface area contributed by atoms with Crippen molar-refractivity contribution in [3.05, 3.63) is 11.6 Å². The van der Waals surface area contributed by atoms with Gasteiger partial charge in [-0.15, -0.1) is 0 Å². The summed E-state index contributed by atoms with van der Waals surface area (Å²) in [6.07, 6.45) is 10.8. The van der Waals surface area contributed by atoms with Crippen LogP contribution in [0.25, 0.3) is 0 Å². The molecule has 0 aromatic heterocycles. The summed E-state index contributed by atoms with van der Waals surface area (Å²) >= 11 is 0. The van der Waals surface area contributed by atoms with Gasteiger partial charge in [0.1, 0.15) is 0 Å². The third-order valence-corrected chi connectivity index (χ3v) is 7.80. The first kappa shape index (κ1) is 18.1. The smallest absolute Gasteiger partial charge is 0.0172 e. The van der Waals surface area contributed by atoms with Crippen LogP contribution in [0.4, 0.5) is 0 Å². The topological polar surface area (TPSA) is 0 Å². The highest BCUT2D eigenvalue weighted by Gasteiger charge is 2.53. The molecule has 0 bridgehead atoms. The molecule has 0 N–H and O–H groups in total. The third kappa shape index (κ3) is 2.92. The molecule has 0 spiro atoms. The van der Waals surface area contributed by atoms with Gasteiger partial charge in [-0.3, -0.25) is 0 Å². The number of allylic oxidation sites excluding steroid dienone is 2. The summed E-state index contributed by atoms with van der Waals surface area (Å²) < 4.78 is 0. The lowest BCUT2D eigenvalue weighted by molar-refractivity contribution is -0.0984. The van der Waals surface area contributed by atoms with Crippen molar-refractivity contribution in [1.29, 1.82) is 0 Å². The van der Waals surface area contributed by atoms with Crippen LogP contribution in [0.5, 0.6) is 0 Å². The zero-order chi connectivity index (χ0) is 16.5. The van der Waals surface area contributed by atoms with Crippen LogP contribution in [0.1, 0.15) is 87.0 Å². The minimum absolute atomic E-state index is 0.578. The Labute approximate surface area is 140 Å². The molecule has 0 heterocycles. The van der Waals surface area contributed by atoms with E-state index in [-0.39, 0.29) is 0 Å². The summed E-state index contributed by atoms with van der Waals surface area (Å²) in [7, 11) is 0. The molecular weight excluding hydrogens is 264 g/mol. The van der Waals surface area contributed by atoms with E-state index in [0.29, 0.717) is 5.41 Å². The van der Waals surface area contributed by atoms with Gasteiger partial charge in [0, 0.05) is 0 Å². The Morgan fingerprint density at radius 1 is 1.09 bits per heavy atom. The molecule has 2 aliphatic carbocycles. The molecule has 2 aliphatic rings. The Kier molecular flexibility index (Phi) is 5.84. The van der Waals surface area contributed by atoms with E-state index >= 15 is 0 Å². The molecule has 0 saturated heterocycles. The summed E-state index contributed by atoms with van der Waals surface area (Å²) in [5.74, 6) is 5.28. The van der Waals surface area contributed by atoms with E-state index in [1.54, 1.807) is 5.57 Å². The third-order valence-electron chi connectivity index (χ3n) is 7.80. The zero-order valence-electron chi connectivity index (χ0n) is 16.3. The molecule has 1 saturated carbocycles. The number of rotatable bonds is 8. The molecule has 0 radical (unpaired) electrons. The predicted molar refractivity (Wildman–Crippen MR) is 98.9 cm³/mol. The maximum absolute atomic E-state index is 2.62. The van der Waals surface area contributed by atoms with Gasteiger partial charge in [-0.2, -0.15) is 0 Å². The van der Waals surface area contributed by atoms with Gasteiger partial charge in [0.05, 0.1) is 0 Å². The summed E-state index contributed by atoms with van der Waals surface area (Å²) in [6, 6.07) is 0. The van der Waals surface area contributed by atoms with E-state index in [1.807, 2.05) is 0 Å². The van der Waals surface area contributed by atoms with Gasteiger partial charge in [-0.25, -0.2) is 0 Å². The predicted octanol–water partition coefficient (Wildman–Crippen LogP) is 7.10. The molecule has 6 unspecified atom stereocenters. The Balaban J connectivity index is 2.22. The second-order valence-corrected chi connectivity index (χ2v) is 8.89. The number of hydrogen-bond donors (Lipinski definition) is 0. The van der Waals surface area contributed by atoms with E-state index < -0.39 is 0 Å². The molecule has 0 aromatic rings. The van der Waals surface area contributed by atoms with E-state index in [9.17, 15) is 0 Å². The molecule has 0 aliphatic heterocycles. The molecule has 1 fully saturated rings. The largest absolute Gasteiger partial charge is 0.0842 e. The number of hydrogen-bond acceptors (Lipinski definition) is 0. The maximum Gasteiger partial charge on any atom is -0.0172 e. The monoisotopic (exact) mass is 304 g/mol. The van der Waals surface area contributed by atoms with Crippen molar-refractivity contribution < 1.29 is 0 Å². The maximum atomic E-state index is 2.62. The Morgan fingerprint density at radius 3 is 2.05 bits per heavy atom. The Bertz CT molecular complexity index is 383. The van der Waals surface area contributed by atoms with Crippen molar-refractivity contribution in [3.8, 4) is 0 Å². The van der Waals surface area contributed by atoms with Crippen molar-refractivity contribution in [1.82, 2.24) is 0 Å². The average Bonchev–Trinajstić information content (AvgIpc) is 2.49. The van der Waals surface area contributed by atoms with Crippen LogP contribution in [0.15, 0.2) is 11.6 Å². The minimum Gasteiger partial charge on any atom is -0.0842 e. The van der Waals surface area contributed by atoms with Gasteiger partial charge >= 0.3 is 0 Å². The Morgan fingerprint density at radius 2 is 1.68 bits per heavy atom. The van der Waals surface area contributed by atoms with Crippen LogP contribution in [0, 0.1) is 40.9 Å². The summed E-state index contributed by atoms with van der Waals surface area (Å²) in [6.45, 7) is 17.4. The van der Waals surface area contributed by atoms with Crippen LogP contribution >= 0.6 is 0 Å². The van der Waals surface area contributed by atoms with Gasteiger partial charge in [0.25, 0.3) is 0 Å².